The van der Waals surface area contributed by atoms with E-state index in [0.29, 0.717) is 23.6 Å². The molecule has 1 unspecified atom stereocenters. The molecule has 0 bridgehead atoms. The van der Waals surface area contributed by atoms with Crippen molar-refractivity contribution < 1.29 is 14.4 Å². The van der Waals surface area contributed by atoms with Crippen molar-refractivity contribution >= 4 is 29.4 Å². The van der Waals surface area contributed by atoms with Gasteiger partial charge in [0.05, 0.1) is 17.1 Å². The van der Waals surface area contributed by atoms with E-state index >= 15 is 0 Å². The fourth-order valence-corrected chi connectivity index (χ4v) is 3.08. The quantitative estimate of drug-likeness (QED) is 0.762. The van der Waals surface area contributed by atoms with Gasteiger partial charge in [-0.05, 0) is 31.0 Å². The van der Waals surface area contributed by atoms with Crippen LogP contribution >= 0.6 is 11.6 Å². The van der Waals surface area contributed by atoms with Crippen LogP contribution in [0.5, 0.6) is 0 Å². The van der Waals surface area contributed by atoms with E-state index in [1.165, 1.54) is 0 Å². The molecule has 1 aromatic rings. The van der Waals surface area contributed by atoms with Crippen molar-refractivity contribution in [1.82, 2.24) is 15.5 Å². The maximum Gasteiger partial charge on any atom is 0.322 e. The minimum Gasteiger partial charge on any atom is -0.336 e. The SMILES string of the molecule is Cc1ccc(C(=O)N2CCC3(C2)NC(=O)NC3=O)c(Cl)c1. The molecule has 0 radical (unpaired) electrons. The zero-order chi connectivity index (χ0) is 15.2. The number of halogens is 1. The molecule has 2 heterocycles. The molecule has 0 saturated carbocycles. The Morgan fingerprint density at radius 3 is 2.76 bits per heavy atom. The third-order valence-electron chi connectivity index (χ3n) is 3.93. The van der Waals surface area contributed by atoms with E-state index in [2.05, 4.69) is 10.6 Å². The molecule has 2 saturated heterocycles. The Morgan fingerprint density at radius 2 is 2.14 bits per heavy atom. The van der Waals surface area contributed by atoms with E-state index in [-0.39, 0.29) is 18.4 Å². The number of imide groups is 1. The normalized spacial score (nSPS) is 24.4. The van der Waals surface area contributed by atoms with E-state index in [0.717, 1.165) is 5.56 Å². The molecule has 2 N–H and O–H groups in total. The molecule has 21 heavy (non-hydrogen) atoms. The van der Waals surface area contributed by atoms with Gasteiger partial charge in [-0.15, -0.1) is 0 Å². The molecule has 1 atom stereocenters. The largest absolute Gasteiger partial charge is 0.336 e. The number of nitrogens with one attached hydrogen (secondary N) is 2. The Labute approximate surface area is 126 Å². The topological polar surface area (TPSA) is 78.5 Å². The zero-order valence-electron chi connectivity index (χ0n) is 11.4. The number of likely N-dealkylation sites (tertiary alicyclic amines) is 1. The molecular formula is C14H14ClN3O3. The number of amides is 4. The molecule has 1 spiro atoms. The summed E-state index contributed by atoms with van der Waals surface area (Å²) in [6.45, 7) is 2.45. The number of nitrogens with zero attached hydrogens (tertiary/aromatic N) is 1. The maximum atomic E-state index is 12.5. The Bertz CT molecular complexity index is 661. The highest BCUT2D eigenvalue weighted by atomic mass is 35.5. The Morgan fingerprint density at radius 1 is 1.38 bits per heavy atom. The van der Waals surface area contributed by atoms with Crippen LogP contribution in [0.4, 0.5) is 4.79 Å². The summed E-state index contributed by atoms with van der Waals surface area (Å²) in [5.41, 5.74) is 0.380. The van der Waals surface area contributed by atoms with Crippen LogP contribution in [0.3, 0.4) is 0 Å². The van der Waals surface area contributed by atoms with Crippen molar-refractivity contribution in [2.75, 3.05) is 13.1 Å². The first-order chi connectivity index (χ1) is 9.91. The molecule has 2 aliphatic rings. The van der Waals surface area contributed by atoms with Gasteiger partial charge >= 0.3 is 6.03 Å². The van der Waals surface area contributed by atoms with Gasteiger partial charge in [0.25, 0.3) is 11.8 Å². The Balaban J connectivity index is 1.82. The Hall–Kier alpha value is -2.08. The number of aryl methyl sites for hydroxylation is 1. The maximum absolute atomic E-state index is 12.5. The van der Waals surface area contributed by atoms with Crippen molar-refractivity contribution in [3.63, 3.8) is 0 Å². The van der Waals surface area contributed by atoms with Gasteiger partial charge in [0, 0.05) is 6.54 Å². The van der Waals surface area contributed by atoms with Gasteiger partial charge in [-0.25, -0.2) is 4.79 Å². The lowest BCUT2D eigenvalue weighted by Crippen LogP contribution is -2.49. The van der Waals surface area contributed by atoms with Crippen molar-refractivity contribution in [3.05, 3.63) is 34.3 Å². The molecule has 7 heteroatoms. The molecule has 4 amide bonds. The van der Waals surface area contributed by atoms with Crippen molar-refractivity contribution in [2.24, 2.45) is 0 Å². The number of hydrogen-bond donors (Lipinski definition) is 2. The first-order valence-electron chi connectivity index (χ1n) is 6.60. The van der Waals surface area contributed by atoms with Crippen LogP contribution in [0.15, 0.2) is 18.2 Å². The van der Waals surface area contributed by atoms with Gasteiger partial charge in [0.1, 0.15) is 5.54 Å². The lowest BCUT2D eigenvalue weighted by molar-refractivity contribution is -0.123. The van der Waals surface area contributed by atoms with Crippen LogP contribution in [-0.2, 0) is 4.79 Å². The van der Waals surface area contributed by atoms with Crippen molar-refractivity contribution in [2.45, 2.75) is 18.9 Å². The molecule has 2 fully saturated rings. The second-order valence-electron chi connectivity index (χ2n) is 5.45. The van der Waals surface area contributed by atoms with E-state index in [1.807, 2.05) is 13.0 Å². The molecule has 0 aromatic heterocycles. The lowest BCUT2D eigenvalue weighted by Gasteiger charge is -2.21. The van der Waals surface area contributed by atoms with Gasteiger partial charge < -0.3 is 10.2 Å². The molecular weight excluding hydrogens is 294 g/mol. The summed E-state index contributed by atoms with van der Waals surface area (Å²) in [7, 11) is 0. The van der Waals surface area contributed by atoms with Gasteiger partial charge in [-0.1, -0.05) is 17.7 Å². The fraction of sp³-hybridized carbons (Fsp3) is 0.357. The highest BCUT2D eigenvalue weighted by Gasteiger charge is 2.51. The minimum atomic E-state index is -0.996. The summed E-state index contributed by atoms with van der Waals surface area (Å²) >= 11 is 6.11. The van der Waals surface area contributed by atoms with Gasteiger partial charge in [0.2, 0.25) is 0 Å². The number of hydrogen-bond acceptors (Lipinski definition) is 3. The predicted octanol–water partition coefficient (Wildman–Crippen LogP) is 1.07. The number of urea groups is 1. The first-order valence-corrected chi connectivity index (χ1v) is 6.98. The lowest BCUT2D eigenvalue weighted by atomic mass is 9.99. The number of carbonyl (C=O) groups is 3. The van der Waals surface area contributed by atoms with Crippen LogP contribution in [0.2, 0.25) is 5.02 Å². The van der Waals surface area contributed by atoms with E-state index in [9.17, 15) is 14.4 Å². The second-order valence-corrected chi connectivity index (χ2v) is 5.86. The number of rotatable bonds is 1. The summed E-state index contributed by atoms with van der Waals surface area (Å²) in [6.07, 6.45) is 0.403. The first kappa shape index (κ1) is 13.9. The van der Waals surface area contributed by atoms with Gasteiger partial charge in [-0.3, -0.25) is 14.9 Å². The van der Waals surface area contributed by atoms with Gasteiger partial charge in [-0.2, -0.15) is 0 Å². The number of benzene rings is 1. The monoisotopic (exact) mass is 307 g/mol. The smallest absolute Gasteiger partial charge is 0.322 e. The summed E-state index contributed by atoms with van der Waals surface area (Å²) in [5.74, 6) is -0.608. The van der Waals surface area contributed by atoms with Crippen LogP contribution < -0.4 is 10.6 Å². The third-order valence-corrected chi connectivity index (χ3v) is 4.24. The average Bonchev–Trinajstić information content (AvgIpc) is 2.94. The number of carbonyl (C=O) groups excluding carboxylic acids is 3. The summed E-state index contributed by atoms with van der Waals surface area (Å²) in [4.78, 5) is 37.2. The molecule has 3 rings (SSSR count). The third kappa shape index (κ3) is 2.25. The molecule has 1 aromatic carbocycles. The highest BCUT2D eigenvalue weighted by Crippen LogP contribution is 2.27. The second kappa shape index (κ2) is 4.73. The molecule has 110 valence electrons. The van der Waals surface area contributed by atoms with Crippen LogP contribution in [0, 0.1) is 6.92 Å². The molecule has 0 aliphatic carbocycles. The molecule has 6 nitrogen and oxygen atoms in total. The highest BCUT2D eigenvalue weighted by molar-refractivity contribution is 6.33. The standard InChI is InChI=1S/C14H14ClN3O3/c1-8-2-3-9(10(15)6-8)11(19)18-5-4-14(7-18)12(20)16-13(21)17-14/h2-3,6H,4-5,7H2,1H3,(H2,16,17,20,21). The predicted molar refractivity (Wildman–Crippen MR) is 76.1 cm³/mol. The summed E-state index contributed by atoms with van der Waals surface area (Å²) < 4.78 is 0. The Kier molecular flexibility index (Phi) is 3.13. The fourth-order valence-electron chi connectivity index (χ4n) is 2.76. The average molecular weight is 308 g/mol. The van der Waals surface area contributed by atoms with Crippen LogP contribution in [0.1, 0.15) is 22.3 Å². The van der Waals surface area contributed by atoms with Gasteiger partial charge in [0.15, 0.2) is 0 Å². The van der Waals surface area contributed by atoms with E-state index in [4.69, 9.17) is 11.6 Å². The van der Waals surface area contributed by atoms with Crippen LogP contribution in [0.25, 0.3) is 0 Å². The zero-order valence-corrected chi connectivity index (χ0v) is 12.2. The van der Waals surface area contributed by atoms with Crippen molar-refractivity contribution in [1.29, 1.82) is 0 Å². The minimum absolute atomic E-state index is 0.160. The summed E-state index contributed by atoms with van der Waals surface area (Å²) in [5, 5.41) is 5.22. The van der Waals surface area contributed by atoms with E-state index in [1.54, 1.807) is 17.0 Å². The molecule has 2 aliphatic heterocycles. The van der Waals surface area contributed by atoms with E-state index < -0.39 is 11.6 Å². The van der Waals surface area contributed by atoms with Crippen molar-refractivity contribution in [3.8, 4) is 0 Å². The summed E-state index contributed by atoms with van der Waals surface area (Å²) in [6, 6.07) is 4.71. The van der Waals surface area contributed by atoms with Crippen LogP contribution in [-0.4, -0.2) is 41.4 Å².